The van der Waals surface area contributed by atoms with Gasteiger partial charge in [-0.3, -0.25) is 4.79 Å². The Morgan fingerprint density at radius 1 is 1.67 bits per heavy atom. The van der Waals surface area contributed by atoms with Crippen molar-refractivity contribution in [2.75, 3.05) is 0 Å². The standard InChI is InChI=1S/C10H15N3O2/c11-10(3-1-4-10)6-9(14)12-7-8-2-5-15-13-8/h2,5H,1,3-4,6-7,11H2,(H,12,14). The summed E-state index contributed by atoms with van der Waals surface area (Å²) in [4.78, 5) is 11.5. The summed E-state index contributed by atoms with van der Waals surface area (Å²) in [6.07, 6.45) is 4.92. The van der Waals surface area contributed by atoms with Crippen molar-refractivity contribution < 1.29 is 9.32 Å². The van der Waals surface area contributed by atoms with Crippen LogP contribution in [0.4, 0.5) is 0 Å². The highest BCUT2D eigenvalue weighted by atomic mass is 16.5. The van der Waals surface area contributed by atoms with Crippen LogP contribution in [-0.2, 0) is 11.3 Å². The summed E-state index contributed by atoms with van der Waals surface area (Å²) >= 11 is 0. The lowest BCUT2D eigenvalue weighted by Crippen LogP contribution is -2.49. The Morgan fingerprint density at radius 3 is 3.00 bits per heavy atom. The molecule has 0 bridgehead atoms. The van der Waals surface area contributed by atoms with Gasteiger partial charge in [-0.25, -0.2) is 0 Å². The van der Waals surface area contributed by atoms with Crippen molar-refractivity contribution in [2.24, 2.45) is 5.73 Å². The molecule has 5 nitrogen and oxygen atoms in total. The van der Waals surface area contributed by atoms with Gasteiger partial charge in [0.1, 0.15) is 12.0 Å². The maximum Gasteiger partial charge on any atom is 0.222 e. The SMILES string of the molecule is NC1(CC(=O)NCc2ccon2)CCC1. The van der Waals surface area contributed by atoms with E-state index in [4.69, 9.17) is 5.73 Å². The van der Waals surface area contributed by atoms with Crippen LogP contribution in [0.15, 0.2) is 16.9 Å². The molecule has 0 atom stereocenters. The lowest BCUT2D eigenvalue weighted by atomic mass is 9.75. The van der Waals surface area contributed by atoms with E-state index in [-0.39, 0.29) is 11.4 Å². The predicted octanol–water partition coefficient (Wildman–Crippen LogP) is 0.562. The van der Waals surface area contributed by atoms with Crippen LogP contribution in [0.25, 0.3) is 0 Å². The van der Waals surface area contributed by atoms with E-state index in [1.165, 1.54) is 6.26 Å². The first kappa shape index (κ1) is 10.2. The molecule has 1 aromatic rings. The average molecular weight is 209 g/mol. The van der Waals surface area contributed by atoms with Gasteiger partial charge in [-0.15, -0.1) is 0 Å². The van der Waals surface area contributed by atoms with Gasteiger partial charge in [0.05, 0.1) is 6.54 Å². The van der Waals surface area contributed by atoms with Gasteiger partial charge in [-0.1, -0.05) is 5.16 Å². The van der Waals surface area contributed by atoms with Crippen molar-refractivity contribution >= 4 is 5.91 Å². The predicted molar refractivity (Wildman–Crippen MR) is 53.7 cm³/mol. The molecule has 82 valence electrons. The number of rotatable bonds is 4. The number of hydrogen-bond donors (Lipinski definition) is 2. The first-order valence-electron chi connectivity index (χ1n) is 5.13. The molecule has 1 aliphatic carbocycles. The molecule has 0 aromatic carbocycles. The molecule has 1 amide bonds. The molecule has 0 spiro atoms. The van der Waals surface area contributed by atoms with E-state index in [2.05, 4.69) is 15.0 Å². The monoisotopic (exact) mass is 209 g/mol. The third-order valence-electron chi connectivity index (χ3n) is 2.82. The van der Waals surface area contributed by atoms with Gasteiger partial charge in [0.25, 0.3) is 0 Å². The number of carbonyl (C=O) groups is 1. The van der Waals surface area contributed by atoms with Crippen molar-refractivity contribution in [2.45, 2.75) is 37.8 Å². The molecule has 2 rings (SSSR count). The summed E-state index contributed by atoms with van der Waals surface area (Å²) in [5, 5.41) is 6.47. The van der Waals surface area contributed by atoms with Gasteiger partial charge in [0, 0.05) is 18.0 Å². The normalized spacial score (nSPS) is 18.2. The summed E-state index contributed by atoms with van der Waals surface area (Å²) in [5.41, 5.74) is 6.43. The summed E-state index contributed by atoms with van der Waals surface area (Å²) in [7, 11) is 0. The molecule has 5 heteroatoms. The maximum atomic E-state index is 11.5. The Hall–Kier alpha value is -1.36. The van der Waals surface area contributed by atoms with E-state index in [1.54, 1.807) is 6.07 Å². The van der Waals surface area contributed by atoms with E-state index >= 15 is 0 Å². The van der Waals surface area contributed by atoms with Crippen molar-refractivity contribution in [1.82, 2.24) is 10.5 Å². The lowest BCUT2D eigenvalue weighted by molar-refractivity contribution is -0.123. The second-order valence-electron chi connectivity index (χ2n) is 4.16. The van der Waals surface area contributed by atoms with Crippen LogP contribution >= 0.6 is 0 Å². The third-order valence-corrected chi connectivity index (χ3v) is 2.82. The first-order chi connectivity index (χ1) is 7.18. The van der Waals surface area contributed by atoms with E-state index in [0.717, 1.165) is 25.0 Å². The average Bonchev–Trinajstić information content (AvgIpc) is 2.64. The van der Waals surface area contributed by atoms with Gasteiger partial charge in [0.15, 0.2) is 0 Å². The number of nitrogens with one attached hydrogen (secondary N) is 1. The van der Waals surface area contributed by atoms with Crippen LogP contribution in [0, 0.1) is 0 Å². The molecule has 0 aliphatic heterocycles. The Labute approximate surface area is 88.0 Å². The highest BCUT2D eigenvalue weighted by Gasteiger charge is 2.34. The fourth-order valence-corrected chi connectivity index (χ4v) is 1.71. The van der Waals surface area contributed by atoms with Gasteiger partial charge < -0.3 is 15.6 Å². The zero-order valence-electron chi connectivity index (χ0n) is 8.53. The molecule has 1 heterocycles. The third kappa shape index (κ3) is 2.56. The highest BCUT2D eigenvalue weighted by Crippen LogP contribution is 2.31. The second kappa shape index (κ2) is 4.02. The van der Waals surface area contributed by atoms with E-state index in [1.807, 2.05) is 0 Å². The second-order valence-corrected chi connectivity index (χ2v) is 4.16. The van der Waals surface area contributed by atoms with Gasteiger partial charge >= 0.3 is 0 Å². The molecule has 15 heavy (non-hydrogen) atoms. The fourth-order valence-electron chi connectivity index (χ4n) is 1.71. The van der Waals surface area contributed by atoms with Crippen LogP contribution in [-0.4, -0.2) is 16.6 Å². The van der Waals surface area contributed by atoms with Crippen molar-refractivity contribution in [1.29, 1.82) is 0 Å². The Bertz CT molecular complexity index is 330. The summed E-state index contributed by atoms with van der Waals surface area (Å²) in [5.74, 6) is -0.0137. The minimum Gasteiger partial charge on any atom is -0.364 e. The number of hydrogen-bond acceptors (Lipinski definition) is 4. The quantitative estimate of drug-likeness (QED) is 0.759. The summed E-state index contributed by atoms with van der Waals surface area (Å²) in [6, 6.07) is 1.72. The Balaban J connectivity index is 1.73. The van der Waals surface area contributed by atoms with Gasteiger partial charge in [-0.05, 0) is 19.3 Å². The molecule has 0 saturated heterocycles. The number of carbonyl (C=O) groups excluding carboxylic acids is 1. The number of amides is 1. The Morgan fingerprint density at radius 2 is 2.47 bits per heavy atom. The number of nitrogens with two attached hydrogens (primary N) is 1. The molecule has 3 N–H and O–H groups in total. The summed E-state index contributed by atoms with van der Waals surface area (Å²) in [6.45, 7) is 0.408. The van der Waals surface area contributed by atoms with E-state index < -0.39 is 0 Å². The topological polar surface area (TPSA) is 81.2 Å². The zero-order chi connectivity index (χ0) is 10.7. The summed E-state index contributed by atoms with van der Waals surface area (Å²) < 4.78 is 4.65. The van der Waals surface area contributed by atoms with Gasteiger partial charge in [-0.2, -0.15) is 0 Å². The lowest BCUT2D eigenvalue weighted by Gasteiger charge is -2.37. The van der Waals surface area contributed by atoms with E-state index in [0.29, 0.717) is 13.0 Å². The molecular formula is C10H15N3O2. The van der Waals surface area contributed by atoms with Crippen LogP contribution in [0.3, 0.4) is 0 Å². The molecule has 1 fully saturated rings. The highest BCUT2D eigenvalue weighted by molar-refractivity contribution is 5.77. The first-order valence-corrected chi connectivity index (χ1v) is 5.13. The number of aromatic nitrogens is 1. The minimum atomic E-state index is -0.256. The van der Waals surface area contributed by atoms with E-state index in [9.17, 15) is 4.79 Å². The molecule has 1 aromatic heterocycles. The van der Waals surface area contributed by atoms with Crippen molar-refractivity contribution in [3.63, 3.8) is 0 Å². The van der Waals surface area contributed by atoms with Gasteiger partial charge in [0.2, 0.25) is 5.91 Å². The van der Waals surface area contributed by atoms with Crippen molar-refractivity contribution in [3.8, 4) is 0 Å². The smallest absolute Gasteiger partial charge is 0.222 e. The zero-order valence-corrected chi connectivity index (χ0v) is 8.53. The maximum absolute atomic E-state index is 11.5. The molecule has 1 saturated carbocycles. The molecule has 0 radical (unpaired) electrons. The van der Waals surface area contributed by atoms with Crippen LogP contribution in [0.2, 0.25) is 0 Å². The van der Waals surface area contributed by atoms with Crippen molar-refractivity contribution in [3.05, 3.63) is 18.0 Å². The fraction of sp³-hybridized carbons (Fsp3) is 0.600. The Kier molecular flexibility index (Phi) is 2.73. The molecule has 0 unspecified atom stereocenters. The van der Waals surface area contributed by atoms with Crippen LogP contribution < -0.4 is 11.1 Å². The number of nitrogens with zero attached hydrogens (tertiary/aromatic N) is 1. The minimum absolute atomic E-state index is 0.0137. The molecular weight excluding hydrogens is 194 g/mol. The van der Waals surface area contributed by atoms with Crippen LogP contribution in [0.1, 0.15) is 31.4 Å². The molecule has 1 aliphatic rings. The van der Waals surface area contributed by atoms with Crippen LogP contribution in [0.5, 0.6) is 0 Å². The largest absolute Gasteiger partial charge is 0.364 e.